The van der Waals surface area contributed by atoms with Crippen LogP contribution in [0.1, 0.15) is 12.0 Å². The zero-order chi connectivity index (χ0) is 19.6. The van der Waals surface area contributed by atoms with Crippen molar-refractivity contribution >= 4 is 15.7 Å². The van der Waals surface area contributed by atoms with Gasteiger partial charge in [0.15, 0.2) is 11.6 Å². The molecule has 0 aromatic heterocycles. The first kappa shape index (κ1) is 19.6. The average molecular weight is 396 g/mol. The fourth-order valence-electron chi connectivity index (χ4n) is 3.27. The van der Waals surface area contributed by atoms with Crippen LogP contribution in [-0.2, 0) is 10.0 Å². The molecular weight excluding hydrogens is 374 g/mol. The van der Waals surface area contributed by atoms with Crippen molar-refractivity contribution in [2.45, 2.75) is 18.2 Å². The van der Waals surface area contributed by atoms with Crippen molar-refractivity contribution in [2.75, 3.05) is 31.6 Å². The van der Waals surface area contributed by atoms with Gasteiger partial charge in [0.25, 0.3) is 0 Å². The molecule has 8 heteroatoms. The first-order valence-electron chi connectivity index (χ1n) is 8.64. The number of halogens is 2. The van der Waals surface area contributed by atoms with E-state index in [2.05, 4.69) is 4.72 Å². The standard InChI is InChI=1S/C19H22F2N2O3S/c1-13-9-16(26-2)4-6-19(13)27(24,25)22-11-14-7-8-23(12-14)15-3-5-17(20)18(21)10-15/h3-6,9-10,14,22H,7-8,11-12H2,1-2H3. The van der Waals surface area contributed by atoms with Gasteiger partial charge in [-0.25, -0.2) is 21.9 Å². The minimum absolute atomic E-state index is 0.0893. The van der Waals surface area contributed by atoms with E-state index in [1.807, 2.05) is 4.90 Å². The van der Waals surface area contributed by atoms with Crippen LogP contribution in [-0.4, -0.2) is 35.2 Å². The second-order valence-corrected chi connectivity index (χ2v) is 8.42. The summed E-state index contributed by atoms with van der Waals surface area (Å²) in [5.41, 5.74) is 1.21. The Morgan fingerprint density at radius 3 is 2.63 bits per heavy atom. The van der Waals surface area contributed by atoms with Crippen LogP contribution in [0, 0.1) is 24.5 Å². The number of anilines is 1. The molecule has 0 radical (unpaired) electrons. The normalized spacial score (nSPS) is 17.3. The van der Waals surface area contributed by atoms with E-state index in [9.17, 15) is 17.2 Å². The van der Waals surface area contributed by atoms with Crippen LogP contribution in [0.2, 0.25) is 0 Å². The zero-order valence-corrected chi connectivity index (χ0v) is 16.0. The van der Waals surface area contributed by atoms with Crippen LogP contribution >= 0.6 is 0 Å². The quantitative estimate of drug-likeness (QED) is 0.815. The number of sulfonamides is 1. The summed E-state index contributed by atoms with van der Waals surface area (Å²) >= 11 is 0. The van der Waals surface area contributed by atoms with E-state index >= 15 is 0 Å². The molecule has 1 atom stereocenters. The van der Waals surface area contributed by atoms with Crippen LogP contribution in [0.15, 0.2) is 41.3 Å². The van der Waals surface area contributed by atoms with E-state index < -0.39 is 21.7 Å². The number of rotatable bonds is 6. The van der Waals surface area contributed by atoms with Gasteiger partial charge in [0.05, 0.1) is 12.0 Å². The molecule has 1 heterocycles. The Morgan fingerprint density at radius 2 is 1.96 bits per heavy atom. The van der Waals surface area contributed by atoms with Crippen molar-refractivity contribution in [2.24, 2.45) is 5.92 Å². The highest BCUT2D eigenvalue weighted by molar-refractivity contribution is 7.89. The third kappa shape index (κ3) is 4.39. The Morgan fingerprint density at radius 1 is 1.19 bits per heavy atom. The molecule has 2 aromatic carbocycles. The Hall–Kier alpha value is -2.19. The third-order valence-corrected chi connectivity index (χ3v) is 6.37. The second kappa shape index (κ2) is 7.82. The van der Waals surface area contributed by atoms with Gasteiger partial charge in [0.2, 0.25) is 10.0 Å². The number of nitrogens with zero attached hydrogens (tertiary/aromatic N) is 1. The highest BCUT2D eigenvalue weighted by atomic mass is 32.2. The summed E-state index contributed by atoms with van der Waals surface area (Å²) in [4.78, 5) is 2.15. The minimum Gasteiger partial charge on any atom is -0.497 e. The number of hydrogen-bond acceptors (Lipinski definition) is 4. The van der Waals surface area contributed by atoms with Crippen molar-refractivity contribution in [1.82, 2.24) is 4.72 Å². The van der Waals surface area contributed by atoms with Gasteiger partial charge in [-0.2, -0.15) is 0 Å². The second-order valence-electron chi connectivity index (χ2n) is 6.68. The molecule has 1 fully saturated rings. The molecule has 146 valence electrons. The molecule has 0 saturated carbocycles. The Kier molecular flexibility index (Phi) is 5.67. The Labute approximate surface area is 158 Å². The van der Waals surface area contributed by atoms with Crippen LogP contribution < -0.4 is 14.4 Å². The third-order valence-electron chi connectivity index (χ3n) is 4.79. The number of aryl methyl sites for hydroxylation is 1. The largest absolute Gasteiger partial charge is 0.497 e. The zero-order valence-electron chi connectivity index (χ0n) is 15.2. The first-order chi connectivity index (χ1) is 12.8. The topological polar surface area (TPSA) is 58.6 Å². The van der Waals surface area contributed by atoms with Gasteiger partial charge < -0.3 is 9.64 Å². The van der Waals surface area contributed by atoms with Gasteiger partial charge in [0.1, 0.15) is 5.75 Å². The number of nitrogens with one attached hydrogen (secondary N) is 1. The van der Waals surface area contributed by atoms with Gasteiger partial charge >= 0.3 is 0 Å². The average Bonchev–Trinajstić information content (AvgIpc) is 3.11. The summed E-state index contributed by atoms with van der Waals surface area (Å²) in [6, 6.07) is 8.62. The van der Waals surface area contributed by atoms with Crippen LogP contribution in [0.4, 0.5) is 14.5 Å². The maximum absolute atomic E-state index is 13.4. The molecule has 3 rings (SSSR count). The van der Waals surface area contributed by atoms with Crippen molar-refractivity contribution < 1.29 is 21.9 Å². The van der Waals surface area contributed by atoms with E-state index in [1.165, 1.54) is 25.3 Å². The molecular formula is C19H22F2N2O3S. The summed E-state index contributed by atoms with van der Waals surface area (Å²) < 4.78 is 59.4. The first-order valence-corrected chi connectivity index (χ1v) is 10.1. The lowest BCUT2D eigenvalue weighted by molar-refractivity contribution is 0.414. The van der Waals surface area contributed by atoms with E-state index in [0.717, 1.165) is 12.5 Å². The molecule has 2 aromatic rings. The molecule has 1 saturated heterocycles. The summed E-state index contributed by atoms with van der Waals surface area (Å²) in [5.74, 6) is -1.07. The summed E-state index contributed by atoms with van der Waals surface area (Å²) in [6.07, 6.45) is 0.767. The monoisotopic (exact) mass is 396 g/mol. The predicted octanol–water partition coefficient (Wildman–Crippen LogP) is 3.09. The summed E-state index contributed by atoms with van der Waals surface area (Å²) in [5, 5.41) is 0. The minimum atomic E-state index is -3.63. The maximum atomic E-state index is 13.4. The number of ether oxygens (including phenoxy) is 1. The highest BCUT2D eigenvalue weighted by Gasteiger charge is 2.26. The van der Waals surface area contributed by atoms with Gasteiger partial charge in [0, 0.05) is 31.4 Å². The number of methoxy groups -OCH3 is 1. The lowest BCUT2D eigenvalue weighted by atomic mass is 10.1. The van der Waals surface area contributed by atoms with Crippen LogP contribution in [0.5, 0.6) is 5.75 Å². The van der Waals surface area contributed by atoms with E-state index in [0.29, 0.717) is 30.1 Å². The Bertz CT molecular complexity index is 935. The molecule has 1 N–H and O–H groups in total. The van der Waals surface area contributed by atoms with E-state index in [4.69, 9.17) is 4.74 Å². The molecule has 1 unspecified atom stereocenters. The summed E-state index contributed by atoms with van der Waals surface area (Å²) in [7, 11) is -2.10. The molecule has 1 aliphatic rings. The molecule has 0 spiro atoms. The smallest absolute Gasteiger partial charge is 0.240 e. The fraction of sp³-hybridized carbons (Fsp3) is 0.368. The van der Waals surface area contributed by atoms with Gasteiger partial charge in [-0.1, -0.05) is 0 Å². The lowest BCUT2D eigenvalue weighted by Crippen LogP contribution is -2.31. The summed E-state index contributed by atoms with van der Waals surface area (Å²) in [6.45, 7) is 3.25. The van der Waals surface area contributed by atoms with Gasteiger partial charge in [-0.15, -0.1) is 0 Å². The molecule has 0 amide bonds. The van der Waals surface area contributed by atoms with Gasteiger partial charge in [-0.3, -0.25) is 0 Å². The number of hydrogen-bond donors (Lipinski definition) is 1. The van der Waals surface area contributed by atoms with Crippen LogP contribution in [0.25, 0.3) is 0 Å². The molecule has 0 bridgehead atoms. The van der Waals surface area contributed by atoms with Crippen LogP contribution in [0.3, 0.4) is 0 Å². The lowest BCUT2D eigenvalue weighted by Gasteiger charge is -2.19. The molecule has 27 heavy (non-hydrogen) atoms. The molecule has 1 aliphatic heterocycles. The van der Waals surface area contributed by atoms with Crippen molar-refractivity contribution in [1.29, 1.82) is 0 Å². The van der Waals surface area contributed by atoms with Crippen molar-refractivity contribution in [3.63, 3.8) is 0 Å². The SMILES string of the molecule is COc1ccc(S(=O)(=O)NCC2CCN(c3ccc(F)c(F)c3)C2)c(C)c1. The van der Waals surface area contributed by atoms with Gasteiger partial charge in [-0.05, 0) is 55.2 Å². The molecule has 5 nitrogen and oxygen atoms in total. The molecule has 0 aliphatic carbocycles. The maximum Gasteiger partial charge on any atom is 0.240 e. The Balaban J connectivity index is 1.62. The van der Waals surface area contributed by atoms with Crippen molar-refractivity contribution in [3.05, 3.63) is 53.6 Å². The highest BCUT2D eigenvalue weighted by Crippen LogP contribution is 2.26. The number of benzene rings is 2. The predicted molar refractivity (Wildman–Crippen MR) is 99.6 cm³/mol. The fourth-order valence-corrected chi connectivity index (χ4v) is 4.61. The van der Waals surface area contributed by atoms with E-state index in [-0.39, 0.29) is 17.4 Å². The van der Waals surface area contributed by atoms with Crippen molar-refractivity contribution in [3.8, 4) is 5.75 Å². The van der Waals surface area contributed by atoms with E-state index in [1.54, 1.807) is 19.1 Å².